The molecule has 0 aromatic heterocycles. The van der Waals surface area contributed by atoms with Gasteiger partial charge in [-0.15, -0.1) is 0 Å². The van der Waals surface area contributed by atoms with Gasteiger partial charge in [0.25, 0.3) is 0 Å². The first kappa shape index (κ1) is 16.1. The van der Waals surface area contributed by atoms with E-state index in [1.807, 2.05) is 6.07 Å². The van der Waals surface area contributed by atoms with E-state index in [-0.39, 0.29) is 0 Å². The van der Waals surface area contributed by atoms with E-state index in [0.717, 1.165) is 0 Å². The van der Waals surface area contributed by atoms with E-state index in [0.29, 0.717) is 0 Å². The van der Waals surface area contributed by atoms with Crippen molar-refractivity contribution in [2.45, 2.75) is 0 Å². The zero-order valence-corrected chi connectivity index (χ0v) is 14.5. The van der Waals surface area contributed by atoms with Crippen molar-refractivity contribution in [3.8, 4) is 22.3 Å². The normalized spacial score (nSPS) is 10.9. The molecule has 0 heterocycles. The molecule has 0 aliphatic carbocycles. The Morgan fingerprint density at radius 1 is 0.423 bits per heavy atom. The molecule has 26 heavy (non-hydrogen) atoms. The monoisotopic (exact) mass is 332 g/mol. The molecule has 0 unspecified atom stereocenters. The molecular weight excluding hydrogens is 312 g/mol. The Morgan fingerprint density at radius 3 is 1.65 bits per heavy atom. The Morgan fingerprint density at radius 2 is 1.00 bits per heavy atom. The van der Waals surface area contributed by atoms with Crippen LogP contribution in [0.15, 0.2) is 109 Å². The van der Waals surface area contributed by atoms with Gasteiger partial charge in [-0.25, -0.2) is 0 Å². The van der Waals surface area contributed by atoms with Gasteiger partial charge < -0.3 is 0 Å². The fourth-order valence-corrected chi connectivity index (χ4v) is 3.24. The van der Waals surface area contributed by atoms with Crippen molar-refractivity contribution in [2.75, 3.05) is 0 Å². The van der Waals surface area contributed by atoms with Crippen LogP contribution in [0.4, 0.5) is 0 Å². The summed E-state index contributed by atoms with van der Waals surface area (Å²) in [6.45, 7) is 0. The zero-order chi connectivity index (χ0) is 17.6. The number of hydrogen-bond acceptors (Lipinski definition) is 0. The number of benzene rings is 4. The Hall–Kier alpha value is -3.38. The van der Waals surface area contributed by atoms with E-state index < -0.39 is 0 Å². The standard InChI is InChI=1S/C26H20/c1-4-11-21(12-5-1)19-20-24-17-10-18-25(22-13-6-2-7-14-22)26(24)23-15-8-3-9-16-23/h1-20H. The van der Waals surface area contributed by atoms with Crippen LogP contribution in [-0.2, 0) is 0 Å². The summed E-state index contributed by atoms with van der Waals surface area (Å²) in [5.74, 6) is 0. The van der Waals surface area contributed by atoms with E-state index in [1.165, 1.54) is 33.4 Å². The molecule has 0 aliphatic rings. The van der Waals surface area contributed by atoms with Gasteiger partial charge >= 0.3 is 0 Å². The van der Waals surface area contributed by atoms with Crippen LogP contribution in [-0.4, -0.2) is 0 Å². The Bertz CT molecular complexity index is 998. The topological polar surface area (TPSA) is 0 Å². The third-order valence-electron chi connectivity index (χ3n) is 4.50. The molecule has 0 heteroatoms. The lowest BCUT2D eigenvalue weighted by Gasteiger charge is -2.14. The first-order chi connectivity index (χ1) is 12.9. The summed E-state index contributed by atoms with van der Waals surface area (Å²) in [4.78, 5) is 0. The molecule has 0 nitrogen and oxygen atoms in total. The molecule has 0 saturated carbocycles. The molecule has 0 bridgehead atoms. The predicted octanol–water partition coefficient (Wildman–Crippen LogP) is 7.19. The number of hydrogen-bond donors (Lipinski definition) is 0. The van der Waals surface area contributed by atoms with Crippen LogP contribution in [0.25, 0.3) is 34.4 Å². The third kappa shape index (κ3) is 3.50. The Labute approximate surface area is 155 Å². The molecule has 0 fully saturated rings. The van der Waals surface area contributed by atoms with E-state index in [4.69, 9.17) is 0 Å². The summed E-state index contributed by atoms with van der Waals surface area (Å²) in [5.41, 5.74) is 7.43. The van der Waals surface area contributed by atoms with Crippen LogP contribution < -0.4 is 0 Å². The van der Waals surface area contributed by atoms with Crippen molar-refractivity contribution < 1.29 is 0 Å². The fourth-order valence-electron chi connectivity index (χ4n) is 3.24. The van der Waals surface area contributed by atoms with Crippen LogP contribution in [0.3, 0.4) is 0 Å². The molecule has 0 radical (unpaired) electrons. The van der Waals surface area contributed by atoms with Crippen molar-refractivity contribution in [3.05, 3.63) is 120 Å². The fraction of sp³-hybridized carbons (Fsp3) is 0. The van der Waals surface area contributed by atoms with Gasteiger partial charge in [-0.3, -0.25) is 0 Å². The molecule has 0 spiro atoms. The maximum absolute atomic E-state index is 2.21. The molecule has 0 aliphatic heterocycles. The van der Waals surface area contributed by atoms with E-state index in [9.17, 15) is 0 Å². The molecule has 0 amide bonds. The molecule has 4 aromatic rings. The van der Waals surface area contributed by atoms with Gasteiger partial charge in [0.2, 0.25) is 0 Å². The Kier molecular flexibility index (Phi) is 4.75. The lowest BCUT2D eigenvalue weighted by atomic mass is 9.90. The van der Waals surface area contributed by atoms with Crippen molar-refractivity contribution in [1.82, 2.24) is 0 Å². The van der Waals surface area contributed by atoms with Gasteiger partial charge in [-0.1, -0.05) is 121 Å². The van der Waals surface area contributed by atoms with Crippen molar-refractivity contribution in [1.29, 1.82) is 0 Å². The second-order valence-corrected chi connectivity index (χ2v) is 6.25. The number of rotatable bonds is 4. The maximum Gasteiger partial charge on any atom is -0.00328 e. The van der Waals surface area contributed by atoms with Crippen molar-refractivity contribution >= 4 is 12.2 Å². The largest absolute Gasteiger partial charge is 0.0622 e. The molecule has 124 valence electrons. The lowest BCUT2D eigenvalue weighted by Crippen LogP contribution is -1.89. The van der Waals surface area contributed by atoms with Gasteiger partial charge in [0, 0.05) is 0 Å². The van der Waals surface area contributed by atoms with Gasteiger partial charge in [0.05, 0.1) is 0 Å². The lowest BCUT2D eigenvalue weighted by molar-refractivity contribution is 1.56. The van der Waals surface area contributed by atoms with Crippen LogP contribution in [0.5, 0.6) is 0 Å². The first-order valence-corrected chi connectivity index (χ1v) is 8.89. The second-order valence-electron chi connectivity index (χ2n) is 6.25. The van der Waals surface area contributed by atoms with Gasteiger partial charge in [0.1, 0.15) is 0 Å². The quantitative estimate of drug-likeness (QED) is 0.347. The van der Waals surface area contributed by atoms with Crippen LogP contribution in [0.1, 0.15) is 11.1 Å². The smallest absolute Gasteiger partial charge is 0.00328 e. The highest BCUT2D eigenvalue weighted by molar-refractivity contribution is 5.91. The highest BCUT2D eigenvalue weighted by atomic mass is 14.1. The van der Waals surface area contributed by atoms with Gasteiger partial charge in [0.15, 0.2) is 0 Å². The van der Waals surface area contributed by atoms with Crippen LogP contribution >= 0.6 is 0 Å². The predicted molar refractivity (Wildman–Crippen MR) is 113 cm³/mol. The van der Waals surface area contributed by atoms with Gasteiger partial charge in [-0.05, 0) is 33.4 Å². The minimum atomic E-state index is 1.21. The molecular formula is C26H20. The molecule has 4 rings (SSSR count). The average Bonchev–Trinajstić information content (AvgIpc) is 2.74. The molecule has 0 saturated heterocycles. The maximum atomic E-state index is 2.21. The van der Waals surface area contributed by atoms with E-state index >= 15 is 0 Å². The second kappa shape index (κ2) is 7.67. The van der Waals surface area contributed by atoms with Crippen LogP contribution in [0.2, 0.25) is 0 Å². The zero-order valence-electron chi connectivity index (χ0n) is 14.5. The Balaban J connectivity index is 1.88. The summed E-state index contributed by atoms with van der Waals surface area (Å²) in [7, 11) is 0. The minimum Gasteiger partial charge on any atom is -0.0622 e. The van der Waals surface area contributed by atoms with Crippen molar-refractivity contribution in [2.24, 2.45) is 0 Å². The SMILES string of the molecule is C(=Cc1cccc(-c2ccccc2)c1-c1ccccc1)c1ccccc1. The summed E-state index contributed by atoms with van der Waals surface area (Å²) in [6.07, 6.45) is 4.39. The van der Waals surface area contributed by atoms with Crippen molar-refractivity contribution in [3.63, 3.8) is 0 Å². The van der Waals surface area contributed by atoms with Crippen LogP contribution in [0, 0.1) is 0 Å². The average molecular weight is 332 g/mol. The summed E-state index contributed by atoms with van der Waals surface area (Å²) in [5, 5.41) is 0. The summed E-state index contributed by atoms with van der Waals surface area (Å²) < 4.78 is 0. The van der Waals surface area contributed by atoms with E-state index in [1.54, 1.807) is 0 Å². The highest BCUT2D eigenvalue weighted by Crippen LogP contribution is 2.35. The van der Waals surface area contributed by atoms with E-state index in [2.05, 4.69) is 115 Å². The summed E-state index contributed by atoms with van der Waals surface area (Å²) >= 11 is 0. The molecule has 0 N–H and O–H groups in total. The first-order valence-electron chi connectivity index (χ1n) is 8.89. The summed E-state index contributed by atoms with van der Waals surface area (Å²) in [6, 6.07) is 38.2. The molecule has 4 aromatic carbocycles. The van der Waals surface area contributed by atoms with Gasteiger partial charge in [-0.2, -0.15) is 0 Å². The molecule has 0 atom stereocenters. The highest BCUT2D eigenvalue weighted by Gasteiger charge is 2.10. The third-order valence-corrected chi connectivity index (χ3v) is 4.50. The minimum absolute atomic E-state index is 1.21.